The molecule has 2 unspecified atom stereocenters. The Balaban J connectivity index is 1.91. The summed E-state index contributed by atoms with van der Waals surface area (Å²) in [5.41, 5.74) is 0. The number of amides is 1. The maximum Gasteiger partial charge on any atom is 0.263 e. The van der Waals surface area contributed by atoms with Crippen molar-refractivity contribution in [1.82, 2.24) is 4.90 Å². The van der Waals surface area contributed by atoms with Gasteiger partial charge in [0, 0.05) is 13.6 Å². The number of carbonyl (C=O) groups excluding carboxylic acids is 1. The van der Waals surface area contributed by atoms with E-state index in [0.29, 0.717) is 0 Å². The van der Waals surface area contributed by atoms with Crippen LogP contribution < -0.4 is 0 Å². The number of hydrogen-bond donors (Lipinski definition) is 0. The van der Waals surface area contributed by atoms with Crippen LogP contribution in [0.15, 0.2) is 17.5 Å². The summed E-state index contributed by atoms with van der Waals surface area (Å²) in [5, 5.41) is 1.95. The fourth-order valence-electron chi connectivity index (χ4n) is 1.68. The van der Waals surface area contributed by atoms with Crippen LogP contribution in [0.25, 0.3) is 0 Å². The molecule has 14 heavy (non-hydrogen) atoms. The van der Waals surface area contributed by atoms with E-state index in [1.165, 1.54) is 17.8 Å². The molecule has 0 aliphatic heterocycles. The second-order valence-electron chi connectivity index (χ2n) is 4.14. The highest BCUT2D eigenvalue weighted by Crippen LogP contribution is 2.38. The first-order chi connectivity index (χ1) is 6.68. The Morgan fingerprint density at radius 3 is 2.93 bits per heavy atom. The smallest absolute Gasteiger partial charge is 0.263 e. The summed E-state index contributed by atoms with van der Waals surface area (Å²) in [6.07, 6.45) is 1.28. The van der Waals surface area contributed by atoms with Crippen molar-refractivity contribution in [2.24, 2.45) is 11.8 Å². The monoisotopic (exact) mass is 209 g/mol. The van der Waals surface area contributed by atoms with E-state index in [1.807, 2.05) is 29.5 Å². The Morgan fingerprint density at radius 1 is 1.71 bits per heavy atom. The van der Waals surface area contributed by atoms with Gasteiger partial charge in [-0.1, -0.05) is 13.0 Å². The molecule has 0 radical (unpaired) electrons. The van der Waals surface area contributed by atoms with Crippen LogP contribution in [0.4, 0.5) is 0 Å². The van der Waals surface area contributed by atoms with Crippen molar-refractivity contribution in [1.29, 1.82) is 0 Å². The zero-order valence-corrected chi connectivity index (χ0v) is 9.38. The molecule has 1 aromatic heterocycles. The number of rotatable bonds is 3. The minimum absolute atomic E-state index is 0.166. The SMILES string of the molecule is CC1CC1CN(C)C(=O)c1cccs1. The van der Waals surface area contributed by atoms with Crippen LogP contribution in [-0.4, -0.2) is 24.4 Å². The van der Waals surface area contributed by atoms with Gasteiger partial charge >= 0.3 is 0 Å². The molecule has 1 aromatic rings. The molecule has 76 valence electrons. The second-order valence-corrected chi connectivity index (χ2v) is 5.08. The molecule has 0 N–H and O–H groups in total. The maximum atomic E-state index is 11.8. The lowest BCUT2D eigenvalue weighted by molar-refractivity contribution is 0.0792. The Kier molecular flexibility index (Phi) is 2.59. The van der Waals surface area contributed by atoms with Gasteiger partial charge in [-0.25, -0.2) is 0 Å². The van der Waals surface area contributed by atoms with Gasteiger partial charge in [-0.2, -0.15) is 0 Å². The van der Waals surface area contributed by atoms with E-state index in [2.05, 4.69) is 6.92 Å². The summed E-state index contributed by atoms with van der Waals surface area (Å²) < 4.78 is 0. The molecule has 1 saturated carbocycles. The number of hydrogen-bond acceptors (Lipinski definition) is 2. The van der Waals surface area contributed by atoms with Crippen LogP contribution in [0.5, 0.6) is 0 Å². The van der Waals surface area contributed by atoms with E-state index in [1.54, 1.807) is 0 Å². The van der Waals surface area contributed by atoms with Gasteiger partial charge < -0.3 is 4.90 Å². The van der Waals surface area contributed by atoms with Crippen LogP contribution in [0, 0.1) is 11.8 Å². The Morgan fingerprint density at radius 2 is 2.43 bits per heavy atom. The number of nitrogens with zero attached hydrogens (tertiary/aromatic N) is 1. The van der Waals surface area contributed by atoms with E-state index in [0.717, 1.165) is 23.3 Å². The third kappa shape index (κ3) is 1.98. The van der Waals surface area contributed by atoms with Gasteiger partial charge in [0.2, 0.25) is 0 Å². The molecule has 0 saturated heterocycles. The molecule has 1 fully saturated rings. The Bertz CT molecular complexity index is 320. The summed E-state index contributed by atoms with van der Waals surface area (Å²) in [7, 11) is 1.90. The lowest BCUT2D eigenvalue weighted by Gasteiger charge is -2.15. The summed E-state index contributed by atoms with van der Waals surface area (Å²) in [4.78, 5) is 14.5. The molecule has 0 spiro atoms. The van der Waals surface area contributed by atoms with E-state index >= 15 is 0 Å². The average molecular weight is 209 g/mol. The summed E-state index contributed by atoms with van der Waals surface area (Å²) in [5.74, 6) is 1.72. The third-order valence-electron chi connectivity index (χ3n) is 2.86. The second kappa shape index (κ2) is 3.73. The zero-order chi connectivity index (χ0) is 10.1. The first kappa shape index (κ1) is 9.71. The minimum atomic E-state index is 0.166. The van der Waals surface area contributed by atoms with Gasteiger partial charge in [0.25, 0.3) is 5.91 Å². The molecule has 3 heteroatoms. The van der Waals surface area contributed by atoms with Gasteiger partial charge in [0.05, 0.1) is 4.88 Å². The molecule has 2 rings (SSSR count). The predicted octanol–water partition coefficient (Wildman–Crippen LogP) is 2.48. The quantitative estimate of drug-likeness (QED) is 0.749. The summed E-state index contributed by atoms with van der Waals surface area (Å²) in [6.45, 7) is 3.16. The molecule has 0 aromatic carbocycles. The Labute approximate surface area is 88.5 Å². The molecule has 1 aliphatic rings. The van der Waals surface area contributed by atoms with Crippen molar-refractivity contribution in [3.8, 4) is 0 Å². The summed E-state index contributed by atoms with van der Waals surface area (Å²) in [6, 6.07) is 3.81. The molecular weight excluding hydrogens is 194 g/mol. The highest BCUT2D eigenvalue weighted by atomic mass is 32.1. The van der Waals surface area contributed by atoms with Crippen molar-refractivity contribution in [2.45, 2.75) is 13.3 Å². The molecule has 2 nitrogen and oxygen atoms in total. The average Bonchev–Trinajstić information content (AvgIpc) is 2.72. The van der Waals surface area contributed by atoms with Crippen molar-refractivity contribution >= 4 is 17.2 Å². The Hall–Kier alpha value is -0.830. The van der Waals surface area contributed by atoms with Gasteiger partial charge in [-0.15, -0.1) is 11.3 Å². The van der Waals surface area contributed by atoms with Gasteiger partial charge in [0.15, 0.2) is 0 Å². The van der Waals surface area contributed by atoms with Crippen molar-refractivity contribution in [2.75, 3.05) is 13.6 Å². The first-order valence-electron chi connectivity index (χ1n) is 4.97. The lowest BCUT2D eigenvalue weighted by Crippen LogP contribution is -2.28. The predicted molar refractivity (Wildman–Crippen MR) is 58.6 cm³/mol. The van der Waals surface area contributed by atoms with Crippen molar-refractivity contribution in [3.63, 3.8) is 0 Å². The van der Waals surface area contributed by atoms with E-state index in [4.69, 9.17) is 0 Å². The lowest BCUT2D eigenvalue weighted by atomic mass is 10.3. The van der Waals surface area contributed by atoms with Gasteiger partial charge in [0.1, 0.15) is 0 Å². The van der Waals surface area contributed by atoms with Crippen molar-refractivity contribution in [3.05, 3.63) is 22.4 Å². The standard InChI is InChI=1S/C11H15NOS/c1-8-6-9(8)7-12(2)11(13)10-4-3-5-14-10/h3-5,8-9H,6-7H2,1-2H3. The van der Waals surface area contributed by atoms with E-state index in [9.17, 15) is 4.79 Å². The van der Waals surface area contributed by atoms with Crippen LogP contribution in [0.2, 0.25) is 0 Å². The van der Waals surface area contributed by atoms with Crippen LogP contribution in [0.3, 0.4) is 0 Å². The molecule has 0 bridgehead atoms. The highest BCUT2D eigenvalue weighted by molar-refractivity contribution is 7.12. The molecule has 1 amide bonds. The molecule has 2 atom stereocenters. The van der Waals surface area contributed by atoms with Crippen LogP contribution in [-0.2, 0) is 0 Å². The minimum Gasteiger partial charge on any atom is -0.341 e. The molecular formula is C11H15NOS. The van der Waals surface area contributed by atoms with Crippen LogP contribution in [0.1, 0.15) is 23.0 Å². The topological polar surface area (TPSA) is 20.3 Å². The number of thiophene rings is 1. The fraction of sp³-hybridized carbons (Fsp3) is 0.545. The van der Waals surface area contributed by atoms with Gasteiger partial charge in [-0.05, 0) is 29.7 Å². The highest BCUT2D eigenvalue weighted by Gasteiger charge is 2.34. The maximum absolute atomic E-state index is 11.8. The normalized spacial score (nSPS) is 24.7. The fourth-order valence-corrected chi connectivity index (χ4v) is 2.39. The molecule has 1 heterocycles. The first-order valence-corrected chi connectivity index (χ1v) is 5.85. The third-order valence-corrected chi connectivity index (χ3v) is 3.72. The summed E-state index contributed by atoms with van der Waals surface area (Å²) >= 11 is 1.52. The van der Waals surface area contributed by atoms with Gasteiger partial charge in [-0.3, -0.25) is 4.79 Å². The largest absolute Gasteiger partial charge is 0.341 e. The van der Waals surface area contributed by atoms with E-state index in [-0.39, 0.29) is 5.91 Å². The zero-order valence-electron chi connectivity index (χ0n) is 8.56. The number of carbonyl (C=O) groups is 1. The van der Waals surface area contributed by atoms with E-state index < -0.39 is 0 Å². The van der Waals surface area contributed by atoms with Crippen LogP contribution >= 0.6 is 11.3 Å². The molecule has 1 aliphatic carbocycles. The van der Waals surface area contributed by atoms with Crippen molar-refractivity contribution < 1.29 is 4.79 Å².